The number of halogens is 1. The summed E-state index contributed by atoms with van der Waals surface area (Å²) in [6.45, 7) is 7.71. The molecule has 0 aliphatic rings. The fourth-order valence-electron chi connectivity index (χ4n) is 2.75. The maximum Gasteiger partial charge on any atom is 0.311 e. The van der Waals surface area contributed by atoms with Gasteiger partial charge in [0.05, 0.1) is 6.42 Å². The Morgan fingerprint density at radius 1 is 1.09 bits per heavy atom. The fourth-order valence-corrected chi connectivity index (χ4v) is 3.02. The Bertz CT molecular complexity index is 512. The Hall–Kier alpha value is -1.36. The highest BCUT2D eigenvalue weighted by molar-refractivity contribution is 9.10. The van der Waals surface area contributed by atoms with Crippen LogP contribution in [0.25, 0.3) is 0 Å². The quantitative estimate of drug-likeness (QED) is 0.546. The molecule has 1 aromatic rings. The molecule has 1 rings (SSSR count). The van der Waals surface area contributed by atoms with Gasteiger partial charge in [0.15, 0.2) is 0 Å². The van der Waals surface area contributed by atoms with Crippen LogP contribution in [0.3, 0.4) is 0 Å². The monoisotopic (exact) mass is 369 g/mol. The Kier molecular flexibility index (Phi) is 6.60. The average Bonchev–Trinajstić information content (AvgIpc) is 2.39. The lowest BCUT2D eigenvalue weighted by Crippen LogP contribution is -2.42. The van der Waals surface area contributed by atoms with Crippen molar-refractivity contribution in [3.63, 3.8) is 0 Å². The first kappa shape index (κ1) is 18.7. The van der Waals surface area contributed by atoms with E-state index >= 15 is 0 Å². The summed E-state index contributed by atoms with van der Waals surface area (Å²) in [5.74, 6) is -1.08. The van der Waals surface area contributed by atoms with Crippen molar-refractivity contribution in [3.8, 4) is 5.75 Å². The summed E-state index contributed by atoms with van der Waals surface area (Å²) in [6, 6.07) is 6.93. The molecule has 0 saturated carbocycles. The predicted molar refractivity (Wildman–Crippen MR) is 86.1 cm³/mol. The molecular weight excluding hydrogens is 348 g/mol. The second-order valence-corrected chi connectivity index (χ2v) is 7.11. The van der Waals surface area contributed by atoms with E-state index in [0.717, 1.165) is 4.47 Å². The molecule has 0 atom stereocenters. The largest absolute Gasteiger partial charge is 0.550 e. The molecule has 122 valence electrons. The van der Waals surface area contributed by atoms with E-state index in [4.69, 9.17) is 4.74 Å². The normalized spacial score (nSPS) is 11.8. The first-order valence-corrected chi connectivity index (χ1v) is 8.12. The molecule has 0 aliphatic heterocycles. The number of carbonyl (C=O) groups is 2. The van der Waals surface area contributed by atoms with Crippen LogP contribution in [0.5, 0.6) is 5.75 Å². The van der Waals surface area contributed by atoms with Gasteiger partial charge in [0.1, 0.15) is 5.75 Å². The summed E-state index contributed by atoms with van der Waals surface area (Å²) < 4.78 is 6.23. The van der Waals surface area contributed by atoms with Gasteiger partial charge in [-0.1, -0.05) is 43.6 Å². The summed E-state index contributed by atoms with van der Waals surface area (Å²) in [6.07, 6.45) is -0.107. The van der Waals surface area contributed by atoms with E-state index < -0.39 is 17.4 Å². The highest BCUT2D eigenvalue weighted by Crippen LogP contribution is 2.42. The first-order chi connectivity index (χ1) is 10.2. The third-order valence-electron chi connectivity index (χ3n) is 4.29. The molecule has 0 bridgehead atoms. The van der Waals surface area contributed by atoms with Crippen molar-refractivity contribution in [2.24, 2.45) is 17.3 Å². The second-order valence-electron chi connectivity index (χ2n) is 6.20. The van der Waals surface area contributed by atoms with E-state index in [1.807, 2.05) is 27.7 Å². The number of rotatable bonds is 7. The maximum absolute atomic E-state index is 12.3. The lowest BCUT2D eigenvalue weighted by Gasteiger charge is -2.41. The summed E-state index contributed by atoms with van der Waals surface area (Å²) in [5.41, 5.74) is -0.675. The van der Waals surface area contributed by atoms with Gasteiger partial charge < -0.3 is 14.6 Å². The van der Waals surface area contributed by atoms with Crippen molar-refractivity contribution in [1.29, 1.82) is 0 Å². The zero-order valence-corrected chi connectivity index (χ0v) is 15.0. The highest BCUT2D eigenvalue weighted by Gasteiger charge is 2.39. The Morgan fingerprint density at radius 3 is 2.00 bits per heavy atom. The molecule has 0 radical (unpaired) electrons. The third-order valence-corrected chi connectivity index (χ3v) is 4.82. The van der Waals surface area contributed by atoms with E-state index in [-0.39, 0.29) is 24.7 Å². The smallest absolute Gasteiger partial charge is 0.311 e. The Balaban J connectivity index is 2.90. The number of hydrogen-bond donors (Lipinski definition) is 0. The van der Waals surface area contributed by atoms with Crippen LogP contribution in [-0.4, -0.2) is 11.9 Å². The molecule has 0 aromatic heterocycles. The van der Waals surface area contributed by atoms with Gasteiger partial charge in [-0.3, -0.25) is 4.79 Å². The summed E-state index contributed by atoms with van der Waals surface area (Å²) in [7, 11) is 0. The van der Waals surface area contributed by atoms with E-state index in [1.54, 1.807) is 24.3 Å². The van der Waals surface area contributed by atoms with Crippen molar-refractivity contribution in [2.45, 2.75) is 40.5 Å². The van der Waals surface area contributed by atoms with Crippen molar-refractivity contribution >= 4 is 27.9 Å². The molecule has 0 unspecified atom stereocenters. The van der Waals surface area contributed by atoms with Gasteiger partial charge in [-0.05, 0) is 47.9 Å². The fraction of sp³-hybridized carbons (Fsp3) is 0.529. The van der Waals surface area contributed by atoms with Crippen LogP contribution in [0.1, 0.15) is 40.5 Å². The van der Waals surface area contributed by atoms with Crippen LogP contribution in [0.4, 0.5) is 0 Å². The third kappa shape index (κ3) is 4.83. The Labute approximate surface area is 140 Å². The number of ether oxygens (including phenoxy) is 1. The van der Waals surface area contributed by atoms with Crippen molar-refractivity contribution in [1.82, 2.24) is 0 Å². The summed E-state index contributed by atoms with van der Waals surface area (Å²) in [5, 5.41) is 11.1. The van der Waals surface area contributed by atoms with Crippen molar-refractivity contribution in [3.05, 3.63) is 28.7 Å². The van der Waals surface area contributed by atoms with E-state index in [2.05, 4.69) is 15.9 Å². The van der Waals surface area contributed by atoms with Crippen LogP contribution < -0.4 is 9.84 Å². The molecule has 0 aliphatic carbocycles. The number of carboxylic acids is 1. The van der Waals surface area contributed by atoms with E-state index in [9.17, 15) is 14.7 Å². The van der Waals surface area contributed by atoms with Gasteiger partial charge in [-0.15, -0.1) is 0 Å². The van der Waals surface area contributed by atoms with E-state index in [0.29, 0.717) is 5.75 Å². The second kappa shape index (κ2) is 7.77. The number of benzene rings is 1. The molecule has 5 heteroatoms. The minimum Gasteiger partial charge on any atom is -0.550 e. The van der Waals surface area contributed by atoms with Crippen LogP contribution in [0.2, 0.25) is 0 Å². The minimum atomic E-state index is -1.14. The highest BCUT2D eigenvalue weighted by atomic mass is 79.9. The molecular formula is C17H22BrO4-. The molecule has 0 amide bonds. The lowest BCUT2D eigenvalue weighted by molar-refractivity contribution is -0.309. The predicted octanol–water partition coefficient (Wildman–Crippen LogP) is 3.18. The lowest BCUT2D eigenvalue weighted by atomic mass is 9.64. The summed E-state index contributed by atoms with van der Waals surface area (Å²) >= 11 is 3.31. The van der Waals surface area contributed by atoms with Crippen LogP contribution in [0, 0.1) is 17.3 Å². The topological polar surface area (TPSA) is 66.4 Å². The van der Waals surface area contributed by atoms with Gasteiger partial charge in [0.25, 0.3) is 0 Å². The molecule has 0 fully saturated rings. The molecule has 0 saturated heterocycles. The molecule has 1 aromatic carbocycles. The SMILES string of the molecule is CC(C)C(CC(=O)[O-])(CC(=O)Oc1ccc(Br)cc1)C(C)C. The van der Waals surface area contributed by atoms with Gasteiger partial charge in [-0.25, -0.2) is 0 Å². The van der Waals surface area contributed by atoms with Crippen LogP contribution in [0.15, 0.2) is 28.7 Å². The standard InChI is InChI=1S/C17H23BrO4/c1-11(2)17(12(3)4,9-15(19)20)10-16(21)22-14-7-5-13(18)6-8-14/h5-8,11-12H,9-10H2,1-4H3,(H,19,20)/p-1. The van der Waals surface area contributed by atoms with Gasteiger partial charge in [-0.2, -0.15) is 0 Å². The maximum atomic E-state index is 12.3. The molecule has 22 heavy (non-hydrogen) atoms. The molecule has 0 heterocycles. The Morgan fingerprint density at radius 2 is 1.59 bits per heavy atom. The average molecular weight is 370 g/mol. The van der Waals surface area contributed by atoms with Gasteiger partial charge in [0.2, 0.25) is 0 Å². The van der Waals surface area contributed by atoms with Crippen LogP contribution >= 0.6 is 15.9 Å². The molecule has 0 N–H and O–H groups in total. The van der Waals surface area contributed by atoms with E-state index in [1.165, 1.54) is 0 Å². The van der Waals surface area contributed by atoms with Crippen molar-refractivity contribution in [2.75, 3.05) is 0 Å². The van der Waals surface area contributed by atoms with Gasteiger partial charge in [0, 0.05) is 10.4 Å². The number of carboxylic acid groups (broad SMARTS) is 1. The first-order valence-electron chi connectivity index (χ1n) is 7.33. The zero-order chi connectivity index (χ0) is 16.9. The number of hydrogen-bond acceptors (Lipinski definition) is 4. The molecule has 4 nitrogen and oxygen atoms in total. The summed E-state index contributed by atoms with van der Waals surface area (Å²) in [4.78, 5) is 23.4. The van der Waals surface area contributed by atoms with Crippen LogP contribution in [-0.2, 0) is 9.59 Å². The number of esters is 1. The van der Waals surface area contributed by atoms with Crippen molar-refractivity contribution < 1.29 is 19.4 Å². The minimum absolute atomic E-state index is 0.0165. The van der Waals surface area contributed by atoms with Gasteiger partial charge >= 0.3 is 5.97 Å². The zero-order valence-electron chi connectivity index (χ0n) is 13.4. The number of carbonyl (C=O) groups excluding carboxylic acids is 2. The molecule has 0 spiro atoms. The number of aliphatic carboxylic acids is 1.